The van der Waals surface area contributed by atoms with Crippen LogP contribution < -0.4 is 0 Å². The van der Waals surface area contributed by atoms with Gasteiger partial charge in [-0.2, -0.15) is 0 Å². The van der Waals surface area contributed by atoms with Gasteiger partial charge in [0, 0.05) is 11.8 Å². The molecule has 84 valence electrons. The zero-order chi connectivity index (χ0) is 11.3. The third kappa shape index (κ3) is 1.72. The van der Waals surface area contributed by atoms with Gasteiger partial charge in [-0.3, -0.25) is 4.79 Å². The van der Waals surface area contributed by atoms with Crippen LogP contribution in [-0.2, 0) is 9.22 Å². The molecular weight excluding hydrogens is 204 g/mol. The first-order valence-electron chi connectivity index (χ1n) is 5.76. The molecule has 3 heteroatoms. The SMILES string of the molecule is C[C@@]1(O[Si](C)(C)C)C(=O)[C@H]2CCC=C[C@H]21. The highest BCUT2D eigenvalue weighted by molar-refractivity contribution is 6.70. The number of hydrogen-bond acceptors (Lipinski definition) is 2. The Morgan fingerprint density at radius 1 is 1.47 bits per heavy atom. The lowest BCUT2D eigenvalue weighted by molar-refractivity contribution is -0.164. The Hall–Kier alpha value is -0.413. The van der Waals surface area contributed by atoms with E-state index in [2.05, 4.69) is 31.8 Å². The third-order valence-electron chi connectivity index (χ3n) is 3.40. The van der Waals surface area contributed by atoms with Crippen molar-refractivity contribution >= 4 is 14.1 Å². The number of carbonyl (C=O) groups excluding carboxylic acids is 1. The minimum Gasteiger partial charge on any atom is -0.405 e. The smallest absolute Gasteiger partial charge is 0.185 e. The second-order valence-corrected chi connectivity index (χ2v) is 10.3. The average Bonchev–Trinajstić information content (AvgIpc) is 2.15. The van der Waals surface area contributed by atoms with Crippen molar-refractivity contribution in [3.63, 3.8) is 0 Å². The molecule has 0 N–H and O–H groups in total. The molecule has 1 saturated carbocycles. The summed E-state index contributed by atoms with van der Waals surface area (Å²) in [6.45, 7) is 8.41. The first-order chi connectivity index (χ1) is 6.84. The van der Waals surface area contributed by atoms with E-state index in [4.69, 9.17) is 4.43 Å². The van der Waals surface area contributed by atoms with Crippen LogP contribution in [0.25, 0.3) is 0 Å². The molecule has 0 unspecified atom stereocenters. The van der Waals surface area contributed by atoms with E-state index in [1.54, 1.807) is 0 Å². The summed E-state index contributed by atoms with van der Waals surface area (Å²) in [5.41, 5.74) is -0.508. The van der Waals surface area contributed by atoms with Crippen LogP contribution in [0.4, 0.5) is 0 Å². The van der Waals surface area contributed by atoms with Crippen LogP contribution >= 0.6 is 0 Å². The standard InChI is InChI=1S/C12H20O2Si/c1-12(14-15(2,3)4)10-8-6-5-7-9(10)11(12)13/h6,8-10H,5,7H2,1-4H3/t9-,10+,12-/m0/s1. The monoisotopic (exact) mass is 224 g/mol. The Bertz CT molecular complexity index is 316. The highest BCUT2D eigenvalue weighted by atomic mass is 28.4. The van der Waals surface area contributed by atoms with E-state index in [-0.39, 0.29) is 5.92 Å². The first kappa shape index (κ1) is 11.1. The highest BCUT2D eigenvalue weighted by Crippen LogP contribution is 2.49. The fourth-order valence-electron chi connectivity index (χ4n) is 2.88. The summed E-state index contributed by atoms with van der Waals surface area (Å²) in [5, 5.41) is 0. The van der Waals surface area contributed by atoms with E-state index in [0.29, 0.717) is 11.7 Å². The molecule has 2 aliphatic rings. The van der Waals surface area contributed by atoms with Crippen LogP contribution in [0, 0.1) is 11.8 Å². The predicted molar refractivity (Wildman–Crippen MR) is 63.2 cm³/mol. The molecule has 0 aromatic carbocycles. The Morgan fingerprint density at radius 3 is 2.73 bits per heavy atom. The fraction of sp³-hybridized carbons (Fsp3) is 0.750. The Kier molecular flexibility index (Phi) is 2.43. The quantitative estimate of drug-likeness (QED) is 0.532. The van der Waals surface area contributed by atoms with Crippen LogP contribution in [0.5, 0.6) is 0 Å². The molecule has 0 aromatic rings. The van der Waals surface area contributed by atoms with E-state index in [0.717, 1.165) is 12.8 Å². The molecule has 0 radical (unpaired) electrons. The van der Waals surface area contributed by atoms with Gasteiger partial charge >= 0.3 is 0 Å². The fourth-order valence-corrected chi connectivity index (χ4v) is 4.39. The van der Waals surface area contributed by atoms with Crippen molar-refractivity contribution in [2.45, 2.75) is 45.0 Å². The lowest BCUT2D eigenvalue weighted by Crippen LogP contribution is -2.65. The van der Waals surface area contributed by atoms with Crippen molar-refractivity contribution in [3.05, 3.63) is 12.2 Å². The van der Waals surface area contributed by atoms with Crippen LogP contribution in [0.2, 0.25) is 19.6 Å². The molecule has 1 fully saturated rings. The molecule has 15 heavy (non-hydrogen) atoms. The maximum absolute atomic E-state index is 12.1. The average molecular weight is 224 g/mol. The Morgan fingerprint density at radius 2 is 2.13 bits per heavy atom. The van der Waals surface area contributed by atoms with Gasteiger partial charge in [-0.05, 0) is 39.4 Å². The molecule has 2 nitrogen and oxygen atoms in total. The lowest BCUT2D eigenvalue weighted by atomic mass is 9.58. The topological polar surface area (TPSA) is 26.3 Å². The normalized spacial score (nSPS) is 39.9. The summed E-state index contributed by atoms with van der Waals surface area (Å²) in [7, 11) is -1.64. The summed E-state index contributed by atoms with van der Waals surface area (Å²) in [6.07, 6.45) is 6.45. The van der Waals surface area contributed by atoms with E-state index < -0.39 is 13.9 Å². The minimum atomic E-state index is -1.64. The van der Waals surface area contributed by atoms with Crippen molar-refractivity contribution in [1.82, 2.24) is 0 Å². The van der Waals surface area contributed by atoms with Crippen molar-refractivity contribution in [2.24, 2.45) is 11.8 Å². The predicted octanol–water partition coefficient (Wildman–Crippen LogP) is 2.76. The lowest BCUT2D eigenvalue weighted by Gasteiger charge is -2.53. The second kappa shape index (κ2) is 3.29. The van der Waals surface area contributed by atoms with E-state index in [1.807, 2.05) is 6.92 Å². The number of fused-ring (bicyclic) bond motifs is 1. The van der Waals surface area contributed by atoms with Crippen LogP contribution in [0.3, 0.4) is 0 Å². The number of carbonyl (C=O) groups is 1. The van der Waals surface area contributed by atoms with Gasteiger partial charge in [-0.1, -0.05) is 12.2 Å². The Labute approximate surface area is 92.8 Å². The molecule has 0 aromatic heterocycles. The molecule has 0 saturated heterocycles. The molecule has 0 aliphatic heterocycles. The molecule has 0 amide bonds. The first-order valence-corrected chi connectivity index (χ1v) is 9.16. The molecular formula is C12H20O2Si. The van der Waals surface area contributed by atoms with Crippen molar-refractivity contribution in [3.8, 4) is 0 Å². The summed E-state index contributed by atoms with van der Waals surface area (Å²) in [5.74, 6) is 0.918. The zero-order valence-corrected chi connectivity index (χ0v) is 11.0. The summed E-state index contributed by atoms with van der Waals surface area (Å²) < 4.78 is 6.08. The van der Waals surface area contributed by atoms with Crippen LogP contribution in [0.1, 0.15) is 19.8 Å². The number of ketones is 1. The summed E-state index contributed by atoms with van der Waals surface area (Å²) in [6, 6.07) is 0. The molecule has 0 bridgehead atoms. The van der Waals surface area contributed by atoms with Gasteiger partial charge in [-0.25, -0.2) is 0 Å². The maximum atomic E-state index is 12.1. The van der Waals surface area contributed by atoms with Gasteiger partial charge in [-0.15, -0.1) is 0 Å². The van der Waals surface area contributed by atoms with Crippen molar-refractivity contribution < 1.29 is 9.22 Å². The van der Waals surface area contributed by atoms with Crippen LogP contribution in [0.15, 0.2) is 12.2 Å². The third-order valence-corrected chi connectivity index (χ3v) is 4.44. The number of hydrogen-bond donors (Lipinski definition) is 0. The van der Waals surface area contributed by atoms with Gasteiger partial charge in [0.15, 0.2) is 14.1 Å². The van der Waals surface area contributed by atoms with Crippen molar-refractivity contribution in [2.75, 3.05) is 0 Å². The summed E-state index contributed by atoms with van der Waals surface area (Å²) in [4.78, 5) is 12.1. The largest absolute Gasteiger partial charge is 0.405 e. The second-order valence-electron chi connectivity index (χ2n) is 5.82. The maximum Gasteiger partial charge on any atom is 0.185 e. The van der Waals surface area contributed by atoms with E-state index >= 15 is 0 Å². The van der Waals surface area contributed by atoms with E-state index in [9.17, 15) is 4.79 Å². The summed E-state index contributed by atoms with van der Waals surface area (Å²) >= 11 is 0. The van der Waals surface area contributed by atoms with Crippen LogP contribution in [-0.4, -0.2) is 19.7 Å². The number of Topliss-reactive ketones (excluding diaryl/α,β-unsaturated/α-hetero) is 1. The van der Waals surface area contributed by atoms with Gasteiger partial charge in [0.25, 0.3) is 0 Å². The highest BCUT2D eigenvalue weighted by Gasteiger charge is 2.59. The molecule has 2 rings (SSSR count). The number of allylic oxidation sites excluding steroid dienone is 1. The number of rotatable bonds is 2. The van der Waals surface area contributed by atoms with E-state index in [1.165, 1.54) is 0 Å². The zero-order valence-electron chi connectivity index (χ0n) is 10.0. The van der Waals surface area contributed by atoms with Gasteiger partial charge in [0.2, 0.25) is 0 Å². The van der Waals surface area contributed by atoms with Gasteiger partial charge in [0.1, 0.15) is 5.60 Å². The minimum absolute atomic E-state index is 0.247. The molecule has 2 aliphatic carbocycles. The van der Waals surface area contributed by atoms with Crippen molar-refractivity contribution in [1.29, 1.82) is 0 Å². The molecule has 0 heterocycles. The molecule has 0 spiro atoms. The Balaban J connectivity index is 2.18. The van der Waals surface area contributed by atoms with Gasteiger partial charge in [0.05, 0.1) is 0 Å². The van der Waals surface area contributed by atoms with Gasteiger partial charge < -0.3 is 4.43 Å². The molecule has 3 atom stereocenters.